The minimum absolute atomic E-state index is 0.136. The fourth-order valence-corrected chi connectivity index (χ4v) is 6.00. The van der Waals surface area contributed by atoms with Gasteiger partial charge in [-0.15, -0.1) is 6.58 Å². The Morgan fingerprint density at radius 2 is 1.92 bits per heavy atom. The topological polar surface area (TPSA) is 99.1 Å². The summed E-state index contributed by atoms with van der Waals surface area (Å²) < 4.78 is 6.18. The molecule has 0 aromatic heterocycles. The van der Waals surface area contributed by atoms with Crippen LogP contribution >= 0.6 is 0 Å². The highest BCUT2D eigenvalue weighted by atomic mass is 16.6. The lowest BCUT2D eigenvalue weighted by atomic mass is 9.55. The van der Waals surface area contributed by atoms with Crippen LogP contribution in [0, 0.1) is 0 Å². The number of hydrogen-bond acceptors (Lipinski definition) is 6. The number of carbonyl (C=O) groups is 2. The van der Waals surface area contributed by atoms with Gasteiger partial charge in [0.15, 0.2) is 0 Å². The quantitative estimate of drug-likeness (QED) is 0.309. The van der Waals surface area contributed by atoms with E-state index >= 15 is 0 Å². The van der Waals surface area contributed by atoms with Crippen LogP contribution < -0.4 is 5.32 Å². The van der Waals surface area contributed by atoms with Crippen LogP contribution in [-0.4, -0.2) is 58.3 Å². The summed E-state index contributed by atoms with van der Waals surface area (Å²) in [6.07, 6.45) is 7.52. The maximum absolute atomic E-state index is 12.8. The Balaban J connectivity index is 1.63. The summed E-state index contributed by atoms with van der Waals surface area (Å²) >= 11 is 0. The predicted molar refractivity (Wildman–Crippen MR) is 138 cm³/mol. The van der Waals surface area contributed by atoms with Crippen molar-refractivity contribution in [2.75, 3.05) is 19.6 Å². The highest BCUT2D eigenvalue weighted by Crippen LogP contribution is 2.54. The number of amides is 1. The van der Waals surface area contributed by atoms with Gasteiger partial charge in [-0.3, -0.25) is 14.5 Å². The first-order chi connectivity index (χ1) is 17.2. The molecule has 7 heteroatoms. The SMILES string of the molecule is C=CCN1CCC2(c3cccc(O)c3)CC(NC(=O)C=Cc3cccc(O)c3)CCC2(OC(C)=O)C1. The molecule has 3 atom stereocenters. The number of fused-ring (bicyclic) bond motifs is 1. The predicted octanol–water partition coefficient (Wildman–Crippen LogP) is 3.91. The summed E-state index contributed by atoms with van der Waals surface area (Å²) in [7, 11) is 0. The normalized spacial score (nSPS) is 26.2. The lowest BCUT2D eigenvalue weighted by molar-refractivity contribution is -0.186. The Kier molecular flexibility index (Phi) is 7.50. The van der Waals surface area contributed by atoms with E-state index in [9.17, 15) is 19.8 Å². The molecule has 1 amide bonds. The molecule has 1 heterocycles. The number of carbonyl (C=O) groups excluding carboxylic acids is 2. The molecule has 2 aromatic rings. The summed E-state index contributed by atoms with van der Waals surface area (Å²) in [6, 6.07) is 13.8. The number of benzene rings is 2. The summed E-state index contributed by atoms with van der Waals surface area (Å²) in [6.45, 7) is 7.34. The van der Waals surface area contributed by atoms with E-state index < -0.39 is 11.0 Å². The molecule has 4 rings (SSSR count). The average molecular weight is 491 g/mol. The first-order valence-corrected chi connectivity index (χ1v) is 12.4. The number of aromatic hydroxyl groups is 2. The van der Waals surface area contributed by atoms with E-state index in [0.29, 0.717) is 38.8 Å². The van der Waals surface area contributed by atoms with Gasteiger partial charge in [-0.2, -0.15) is 0 Å². The number of ether oxygens (including phenoxy) is 1. The molecule has 1 aliphatic carbocycles. The lowest BCUT2D eigenvalue weighted by Crippen LogP contribution is -2.68. The second-order valence-electron chi connectivity index (χ2n) is 9.87. The van der Waals surface area contributed by atoms with Gasteiger partial charge in [-0.05, 0) is 73.7 Å². The molecular formula is C29H34N2O5. The molecule has 1 saturated heterocycles. The van der Waals surface area contributed by atoms with Crippen LogP contribution in [0.4, 0.5) is 0 Å². The van der Waals surface area contributed by atoms with Crippen LogP contribution in [0.25, 0.3) is 6.08 Å². The van der Waals surface area contributed by atoms with Gasteiger partial charge in [0.1, 0.15) is 17.1 Å². The van der Waals surface area contributed by atoms with Crippen LogP contribution in [0.3, 0.4) is 0 Å². The van der Waals surface area contributed by atoms with Crippen molar-refractivity contribution < 1.29 is 24.5 Å². The number of nitrogens with zero attached hydrogens (tertiary/aromatic N) is 1. The summed E-state index contributed by atoms with van der Waals surface area (Å²) in [4.78, 5) is 27.4. The van der Waals surface area contributed by atoms with E-state index in [1.54, 1.807) is 36.4 Å². The van der Waals surface area contributed by atoms with Gasteiger partial charge in [0.25, 0.3) is 0 Å². The second-order valence-corrected chi connectivity index (χ2v) is 9.87. The van der Waals surface area contributed by atoms with E-state index in [1.165, 1.54) is 13.0 Å². The second kappa shape index (κ2) is 10.6. The highest BCUT2D eigenvalue weighted by Gasteiger charge is 2.60. The molecule has 36 heavy (non-hydrogen) atoms. The van der Waals surface area contributed by atoms with E-state index in [2.05, 4.69) is 16.8 Å². The molecule has 1 aliphatic heterocycles. The Labute approximate surface area is 212 Å². The molecule has 1 saturated carbocycles. The van der Waals surface area contributed by atoms with Gasteiger partial charge in [0, 0.05) is 37.5 Å². The number of nitrogens with one attached hydrogen (secondary N) is 1. The van der Waals surface area contributed by atoms with Crippen LogP contribution in [-0.2, 0) is 19.7 Å². The largest absolute Gasteiger partial charge is 0.508 e. The zero-order valence-corrected chi connectivity index (χ0v) is 20.7. The number of phenolic OH excluding ortho intramolecular Hbond substituents is 2. The molecule has 2 aliphatic rings. The monoisotopic (exact) mass is 490 g/mol. The van der Waals surface area contributed by atoms with E-state index in [1.807, 2.05) is 24.3 Å². The number of phenols is 2. The molecule has 190 valence electrons. The van der Waals surface area contributed by atoms with Crippen molar-refractivity contribution >= 4 is 18.0 Å². The van der Waals surface area contributed by atoms with Crippen molar-refractivity contribution in [3.8, 4) is 11.5 Å². The van der Waals surface area contributed by atoms with Crippen LogP contribution in [0.15, 0.2) is 67.3 Å². The van der Waals surface area contributed by atoms with Crippen molar-refractivity contribution in [2.24, 2.45) is 0 Å². The van der Waals surface area contributed by atoms with Gasteiger partial charge in [0.05, 0.1) is 0 Å². The van der Waals surface area contributed by atoms with Gasteiger partial charge in [-0.1, -0.05) is 30.3 Å². The Morgan fingerprint density at radius 1 is 1.17 bits per heavy atom. The Bertz CT molecular complexity index is 1160. The minimum Gasteiger partial charge on any atom is -0.508 e. The molecule has 7 nitrogen and oxygen atoms in total. The number of esters is 1. The van der Waals surface area contributed by atoms with E-state index in [0.717, 1.165) is 17.7 Å². The zero-order chi connectivity index (χ0) is 25.8. The average Bonchev–Trinajstić information content (AvgIpc) is 2.83. The van der Waals surface area contributed by atoms with Crippen LogP contribution in [0.2, 0.25) is 0 Å². The molecule has 3 unspecified atom stereocenters. The van der Waals surface area contributed by atoms with Crippen LogP contribution in [0.5, 0.6) is 11.5 Å². The fourth-order valence-electron chi connectivity index (χ4n) is 6.00. The Morgan fingerprint density at radius 3 is 2.61 bits per heavy atom. The van der Waals surface area contributed by atoms with Crippen molar-refractivity contribution in [3.63, 3.8) is 0 Å². The third-order valence-electron chi connectivity index (χ3n) is 7.47. The molecule has 2 aromatic carbocycles. The first-order valence-electron chi connectivity index (χ1n) is 12.4. The Hall–Kier alpha value is -3.58. The molecule has 3 N–H and O–H groups in total. The number of rotatable bonds is 7. The number of piperidine rings is 1. The molecule has 0 radical (unpaired) electrons. The zero-order valence-electron chi connectivity index (χ0n) is 20.7. The summed E-state index contributed by atoms with van der Waals surface area (Å²) in [5.41, 5.74) is 0.289. The van der Waals surface area contributed by atoms with E-state index in [-0.39, 0.29) is 29.4 Å². The lowest BCUT2D eigenvalue weighted by Gasteiger charge is -2.59. The first kappa shape index (κ1) is 25.5. The highest BCUT2D eigenvalue weighted by molar-refractivity contribution is 5.92. The molecule has 2 fully saturated rings. The minimum atomic E-state index is -0.785. The third-order valence-corrected chi connectivity index (χ3v) is 7.47. The maximum Gasteiger partial charge on any atom is 0.303 e. The molecule has 0 bridgehead atoms. The maximum atomic E-state index is 12.8. The van der Waals surface area contributed by atoms with E-state index in [4.69, 9.17) is 4.74 Å². The van der Waals surface area contributed by atoms with Crippen molar-refractivity contribution in [3.05, 3.63) is 78.4 Å². The third kappa shape index (κ3) is 5.31. The standard InChI is InChI=1S/C29H34N2O5/c1-3-15-31-16-14-28(23-7-5-9-26(34)18-23)19-24(12-13-29(28,20-31)36-21(2)32)30-27(35)11-10-22-6-4-8-25(33)17-22/h3-11,17-18,24,33-34H,1,12-16,19-20H2,2H3,(H,30,35). The van der Waals surface area contributed by atoms with Crippen molar-refractivity contribution in [2.45, 2.75) is 49.7 Å². The van der Waals surface area contributed by atoms with Crippen LogP contribution in [0.1, 0.15) is 43.7 Å². The fraction of sp³-hybridized carbons (Fsp3) is 0.379. The van der Waals surface area contributed by atoms with Gasteiger partial charge in [-0.25, -0.2) is 0 Å². The van der Waals surface area contributed by atoms with Gasteiger partial charge >= 0.3 is 5.97 Å². The van der Waals surface area contributed by atoms with Gasteiger partial charge in [0.2, 0.25) is 5.91 Å². The smallest absolute Gasteiger partial charge is 0.303 e. The summed E-state index contributed by atoms with van der Waals surface area (Å²) in [5.74, 6) is -0.259. The number of likely N-dealkylation sites (tertiary alicyclic amines) is 1. The molecule has 0 spiro atoms. The van der Waals surface area contributed by atoms with Gasteiger partial charge < -0.3 is 20.3 Å². The number of hydrogen-bond donors (Lipinski definition) is 3. The van der Waals surface area contributed by atoms with Crippen molar-refractivity contribution in [1.82, 2.24) is 10.2 Å². The molecular weight excluding hydrogens is 456 g/mol. The van der Waals surface area contributed by atoms with Crippen molar-refractivity contribution in [1.29, 1.82) is 0 Å². The summed E-state index contributed by atoms with van der Waals surface area (Å²) in [5, 5.41) is 23.1.